The van der Waals surface area contributed by atoms with E-state index in [0.29, 0.717) is 41.2 Å². The first kappa shape index (κ1) is 21.1. The first-order valence-electron chi connectivity index (χ1n) is 10.5. The Hall–Kier alpha value is -2.14. The van der Waals surface area contributed by atoms with Crippen LogP contribution in [-0.2, 0) is 4.74 Å². The molecule has 30 heavy (non-hydrogen) atoms. The Morgan fingerprint density at radius 2 is 1.30 bits per heavy atom. The minimum atomic E-state index is -1.79. The molecular formula is C25H26F4O. The number of benzene rings is 1. The molecule has 1 fully saturated rings. The maximum Gasteiger partial charge on any atom is 0.161 e. The van der Waals surface area contributed by atoms with Crippen molar-refractivity contribution in [3.63, 3.8) is 0 Å². The third-order valence-electron chi connectivity index (χ3n) is 6.27. The molecule has 6 atom stereocenters. The van der Waals surface area contributed by atoms with Crippen LogP contribution in [0.3, 0.4) is 0 Å². The average Bonchev–Trinajstić information content (AvgIpc) is 2.75. The quantitative estimate of drug-likeness (QED) is 0.508. The molecule has 3 aliphatic rings. The van der Waals surface area contributed by atoms with Gasteiger partial charge in [0.15, 0.2) is 24.7 Å². The van der Waals surface area contributed by atoms with Crippen LogP contribution in [0.15, 0.2) is 59.7 Å². The van der Waals surface area contributed by atoms with E-state index in [1.165, 1.54) is 0 Å². The Kier molecular flexibility index (Phi) is 6.01. The van der Waals surface area contributed by atoms with Crippen molar-refractivity contribution in [3.8, 4) is 0 Å². The van der Waals surface area contributed by atoms with Crippen LogP contribution in [0.25, 0.3) is 11.1 Å². The first-order chi connectivity index (χ1) is 14.4. The maximum atomic E-state index is 15.0. The Balaban J connectivity index is 1.56. The molecule has 1 aromatic rings. The molecule has 0 saturated carbocycles. The van der Waals surface area contributed by atoms with Gasteiger partial charge in [0.2, 0.25) is 0 Å². The summed E-state index contributed by atoms with van der Waals surface area (Å²) in [5.41, 5.74) is 2.26. The summed E-state index contributed by atoms with van der Waals surface area (Å²) in [7, 11) is 0. The molecule has 1 saturated heterocycles. The molecule has 0 aromatic heterocycles. The Labute approximate surface area is 174 Å². The normalized spacial score (nSPS) is 34.6. The van der Waals surface area contributed by atoms with E-state index in [9.17, 15) is 17.6 Å². The maximum absolute atomic E-state index is 15.0. The third-order valence-corrected chi connectivity index (χ3v) is 6.27. The van der Waals surface area contributed by atoms with Gasteiger partial charge in [-0.05, 0) is 59.1 Å². The highest BCUT2D eigenvalue weighted by atomic mass is 19.2. The van der Waals surface area contributed by atoms with Crippen LogP contribution in [0, 0.1) is 5.92 Å². The average molecular weight is 418 g/mol. The van der Waals surface area contributed by atoms with Gasteiger partial charge in [-0.3, -0.25) is 0 Å². The largest absolute Gasteiger partial charge is 0.373 e. The van der Waals surface area contributed by atoms with Gasteiger partial charge >= 0.3 is 0 Å². The van der Waals surface area contributed by atoms with Crippen molar-refractivity contribution < 1.29 is 22.3 Å². The number of hydrogen-bond acceptors (Lipinski definition) is 1. The van der Waals surface area contributed by atoms with Crippen LogP contribution < -0.4 is 0 Å². The molecule has 0 spiro atoms. The van der Waals surface area contributed by atoms with Crippen molar-refractivity contribution in [2.45, 2.75) is 57.5 Å². The van der Waals surface area contributed by atoms with Crippen molar-refractivity contribution in [2.24, 2.45) is 5.92 Å². The summed E-state index contributed by atoms with van der Waals surface area (Å²) >= 11 is 0. The van der Waals surface area contributed by atoms with Gasteiger partial charge in [0, 0.05) is 6.61 Å². The second-order valence-electron chi connectivity index (χ2n) is 8.51. The highest BCUT2D eigenvalue weighted by Crippen LogP contribution is 2.37. The van der Waals surface area contributed by atoms with Crippen molar-refractivity contribution in [2.75, 3.05) is 6.61 Å². The van der Waals surface area contributed by atoms with E-state index in [1.54, 1.807) is 55.5 Å². The van der Waals surface area contributed by atoms with E-state index in [-0.39, 0.29) is 17.3 Å². The number of alkyl halides is 4. The number of ether oxygens (including phenoxy) is 1. The molecule has 1 nitrogen and oxygen atoms in total. The van der Waals surface area contributed by atoms with Gasteiger partial charge in [0.25, 0.3) is 0 Å². The standard InChI is InChI=1S/C25H26F4O/c1-14-3-12-21(30-13-14)20-11-10-19(24(28)25(20)29)17-7-5-16(6-8-17)18-9-4-15(2)22(26)23(18)27/h4-11,14,21-25H,3,12-13H2,1-2H3. The molecule has 6 unspecified atom stereocenters. The second kappa shape index (κ2) is 8.54. The highest BCUT2D eigenvalue weighted by Gasteiger charge is 2.36. The Bertz CT molecular complexity index is 904. The predicted octanol–water partition coefficient (Wildman–Crippen LogP) is 6.52. The molecule has 0 N–H and O–H groups in total. The minimum absolute atomic E-state index is 0.246. The van der Waals surface area contributed by atoms with Crippen molar-refractivity contribution in [1.29, 1.82) is 0 Å². The van der Waals surface area contributed by atoms with E-state index in [1.807, 2.05) is 0 Å². The van der Waals surface area contributed by atoms with Crippen molar-refractivity contribution in [3.05, 3.63) is 70.8 Å². The summed E-state index contributed by atoms with van der Waals surface area (Å²) in [6, 6.07) is 6.51. The zero-order valence-corrected chi connectivity index (χ0v) is 17.1. The fourth-order valence-corrected chi connectivity index (χ4v) is 4.29. The zero-order chi connectivity index (χ0) is 21.4. The lowest BCUT2D eigenvalue weighted by molar-refractivity contribution is 0.000360. The first-order valence-corrected chi connectivity index (χ1v) is 10.5. The van der Waals surface area contributed by atoms with Gasteiger partial charge in [0.05, 0.1) is 6.10 Å². The molecule has 0 bridgehead atoms. The van der Waals surface area contributed by atoms with Crippen LogP contribution in [-0.4, -0.2) is 37.4 Å². The highest BCUT2D eigenvalue weighted by molar-refractivity contribution is 5.77. The van der Waals surface area contributed by atoms with E-state index in [0.717, 1.165) is 6.42 Å². The number of rotatable bonds is 3. The van der Waals surface area contributed by atoms with Crippen LogP contribution in [0.5, 0.6) is 0 Å². The van der Waals surface area contributed by atoms with Gasteiger partial charge in [0.1, 0.15) is 0 Å². The van der Waals surface area contributed by atoms with Crippen molar-refractivity contribution >= 4 is 11.1 Å². The summed E-state index contributed by atoms with van der Waals surface area (Å²) in [6.07, 6.45) is 0.692. The number of hydrogen-bond donors (Lipinski definition) is 0. The number of halogens is 4. The summed E-state index contributed by atoms with van der Waals surface area (Å²) in [5, 5.41) is 0. The fraction of sp³-hybridized carbons (Fsp3) is 0.440. The summed E-state index contributed by atoms with van der Waals surface area (Å²) in [6.45, 7) is 4.19. The number of allylic oxidation sites excluding steroid dienone is 7. The molecule has 160 valence electrons. The molecule has 1 aliphatic heterocycles. The molecule has 2 aliphatic carbocycles. The molecular weight excluding hydrogens is 392 g/mol. The SMILES string of the molecule is CC1=CC=C(c2ccc(C3=CC=C(C4CCC(C)CO4)C(F)C3F)cc2)C(F)C1F. The lowest BCUT2D eigenvalue weighted by Crippen LogP contribution is -2.34. The van der Waals surface area contributed by atoms with E-state index >= 15 is 0 Å². The molecule has 4 rings (SSSR count). The Morgan fingerprint density at radius 3 is 1.87 bits per heavy atom. The third kappa shape index (κ3) is 3.92. The monoisotopic (exact) mass is 418 g/mol. The fourth-order valence-electron chi connectivity index (χ4n) is 4.29. The van der Waals surface area contributed by atoms with Crippen LogP contribution in [0.1, 0.15) is 37.8 Å². The van der Waals surface area contributed by atoms with Gasteiger partial charge in [-0.1, -0.05) is 55.5 Å². The zero-order valence-electron chi connectivity index (χ0n) is 17.1. The Morgan fingerprint density at radius 1 is 0.733 bits per heavy atom. The summed E-state index contributed by atoms with van der Waals surface area (Å²) in [4.78, 5) is 0. The molecule has 0 radical (unpaired) electrons. The van der Waals surface area contributed by atoms with Gasteiger partial charge < -0.3 is 4.74 Å². The van der Waals surface area contributed by atoms with Gasteiger partial charge in [-0.25, -0.2) is 17.6 Å². The topological polar surface area (TPSA) is 9.23 Å². The predicted molar refractivity (Wildman–Crippen MR) is 112 cm³/mol. The van der Waals surface area contributed by atoms with E-state index in [2.05, 4.69) is 6.92 Å². The lowest BCUT2D eigenvalue weighted by atomic mass is 9.84. The van der Waals surface area contributed by atoms with E-state index in [4.69, 9.17) is 4.74 Å². The van der Waals surface area contributed by atoms with Gasteiger partial charge in [-0.15, -0.1) is 0 Å². The lowest BCUT2D eigenvalue weighted by Gasteiger charge is -2.33. The van der Waals surface area contributed by atoms with Crippen molar-refractivity contribution in [1.82, 2.24) is 0 Å². The molecule has 1 heterocycles. The molecule has 5 heteroatoms. The van der Waals surface area contributed by atoms with Crippen LogP contribution in [0.2, 0.25) is 0 Å². The summed E-state index contributed by atoms with van der Waals surface area (Å²) < 4.78 is 63.9. The molecule has 0 amide bonds. The smallest absolute Gasteiger partial charge is 0.161 e. The second-order valence-corrected chi connectivity index (χ2v) is 8.51. The van der Waals surface area contributed by atoms with Crippen LogP contribution >= 0.6 is 0 Å². The van der Waals surface area contributed by atoms with Crippen LogP contribution in [0.4, 0.5) is 17.6 Å². The molecule has 1 aromatic carbocycles. The van der Waals surface area contributed by atoms with Gasteiger partial charge in [-0.2, -0.15) is 0 Å². The summed E-state index contributed by atoms with van der Waals surface area (Å²) in [5.74, 6) is 0.435. The minimum Gasteiger partial charge on any atom is -0.373 e. The van der Waals surface area contributed by atoms with E-state index < -0.39 is 24.7 Å².